The molecule has 0 radical (unpaired) electrons. The summed E-state index contributed by atoms with van der Waals surface area (Å²) in [7, 11) is 4.13. The summed E-state index contributed by atoms with van der Waals surface area (Å²) in [5.41, 5.74) is 7.78. The van der Waals surface area contributed by atoms with Crippen LogP contribution in [0.3, 0.4) is 0 Å². The number of fused-ring (bicyclic) bond motifs is 1. The van der Waals surface area contributed by atoms with Crippen LogP contribution in [-0.2, 0) is 13.1 Å². The molecular formula is C16H26N4O. The Balaban J connectivity index is 2.35. The predicted molar refractivity (Wildman–Crippen MR) is 86.6 cm³/mol. The maximum Gasteiger partial charge on any atom is 0.124 e. The van der Waals surface area contributed by atoms with Gasteiger partial charge in [-0.3, -0.25) is 0 Å². The molecule has 0 unspecified atom stereocenters. The summed E-state index contributed by atoms with van der Waals surface area (Å²) >= 11 is 0. The highest BCUT2D eigenvalue weighted by atomic mass is 16.5. The van der Waals surface area contributed by atoms with E-state index in [0.717, 1.165) is 49.6 Å². The molecule has 2 N–H and O–H groups in total. The molecule has 0 spiro atoms. The van der Waals surface area contributed by atoms with Crippen LogP contribution in [0.5, 0.6) is 5.75 Å². The Morgan fingerprint density at radius 2 is 2.10 bits per heavy atom. The molecule has 2 rings (SSSR count). The first-order valence-corrected chi connectivity index (χ1v) is 7.62. The number of nitrogens with zero attached hydrogens (tertiary/aromatic N) is 3. The molecule has 116 valence electrons. The lowest BCUT2D eigenvalue weighted by molar-refractivity contribution is 0.340. The average Bonchev–Trinajstić information content (AvgIpc) is 2.76. The number of benzene rings is 1. The second-order valence-electron chi connectivity index (χ2n) is 5.50. The van der Waals surface area contributed by atoms with E-state index in [-0.39, 0.29) is 0 Å². The lowest BCUT2D eigenvalue weighted by Crippen LogP contribution is -2.16. The summed E-state index contributed by atoms with van der Waals surface area (Å²) in [4.78, 5) is 6.93. The topological polar surface area (TPSA) is 56.3 Å². The first kappa shape index (κ1) is 15.8. The van der Waals surface area contributed by atoms with Crippen molar-refractivity contribution < 1.29 is 4.74 Å². The summed E-state index contributed by atoms with van der Waals surface area (Å²) in [6.07, 6.45) is 2.12. The van der Waals surface area contributed by atoms with E-state index in [1.807, 2.05) is 19.1 Å². The van der Waals surface area contributed by atoms with Gasteiger partial charge < -0.3 is 19.9 Å². The van der Waals surface area contributed by atoms with Crippen LogP contribution in [0.1, 0.15) is 25.6 Å². The number of aromatic nitrogens is 2. The molecule has 0 saturated carbocycles. The van der Waals surface area contributed by atoms with Crippen molar-refractivity contribution in [1.29, 1.82) is 0 Å². The first-order valence-electron chi connectivity index (χ1n) is 7.62. The van der Waals surface area contributed by atoms with Crippen LogP contribution >= 0.6 is 0 Å². The van der Waals surface area contributed by atoms with Gasteiger partial charge in [-0.15, -0.1) is 0 Å². The Hall–Kier alpha value is -1.59. The molecule has 21 heavy (non-hydrogen) atoms. The fraction of sp³-hybridized carbons (Fsp3) is 0.562. The summed E-state index contributed by atoms with van der Waals surface area (Å²) in [5, 5.41) is 0. The molecule has 0 aliphatic heterocycles. The molecule has 0 bridgehead atoms. The van der Waals surface area contributed by atoms with E-state index in [1.165, 1.54) is 5.52 Å². The highest BCUT2D eigenvalue weighted by molar-refractivity contribution is 5.77. The molecule has 0 aliphatic carbocycles. The van der Waals surface area contributed by atoms with Gasteiger partial charge in [0.15, 0.2) is 0 Å². The van der Waals surface area contributed by atoms with Gasteiger partial charge >= 0.3 is 0 Å². The molecule has 1 heterocycles. The van der Waals surface area contributed by atoms with Crippen LogP contribution in [0.15, 0.2) is 18.2 Å². The lowest BCUT2D eigenvalue weighted by atomic mass is 10.2. The number of aryl methyl sites for hydroxylation is 1. The van der Waals surface area contributed by atoms with Crippen LogP contribution in [0.2, 0.25) is 0 Å². The monoisotopic (exact) mass is 290 g/mol. The minimum atomic E-state index is 0.674. The minimum Gasteiger partial charge on any atom is -0.494 e. The first-order chi connectivity index (χ1) is 10.2. The van der Waals surface area contributed by atoms with Gasteiger partial charge in [-0.25, -0.2) is 4.98 Å². The molecule has 1 aromatic carbocycles. The molecule has 0 fully saturated rings. The predicted octanol–water partition coefficient (Wildman–Crippen LogP) is 2.24. The van der Waals surface area contributed by atoms with Gasteiger partial charge in [0.2, 0.25) is 0 Å². The van der Waals surface area contributed by atoms with E-state index >= 15 is 0 Å². The smallest absolute Gasteiger partial charge is 0.124 e. The van der Waals surface area contributed by atoms with Crippen molar-refractivity contribution in [3.05, 3.63) is 24.0 Å². The summed E-state index contributed by atoms with van der Waals surface area (Å²) in [5.74, 6) is 1.98. The number of ether oxygens (including phenoxy) is 1. The average molecular weight is 290 g/mol. The SMILES string of the molecule is CCOc1ccc2c(c1)nc(CN(C)C)n2CCCCN. The maximum atomic E-state index is 5.60. The second kappa shape index (κ2) is 7.43. The summed E-state index contributed by atoms with van der Waals surface area (Å²) < 4.78 is 7.87. The van der Waals surface area contributed by atoms with Crippen LogP contribution in [0.4, 0.5) is 0 Å². The van der Waals surface area contributed by atoms with Crippen LogP contribution in [0.25, 0.3) is 11.0 Å². The molecule has 5 heteroatoms. The standard InChI is InChI=1S/C16H26N4O/c1-4-21-13-7-8-15-14(11-13)18-16(12-19(2)3)20(15)10-6-5-9-17/h7-8,11H,4-6,9-10,12,17H2,1-3H3. The van der Waals surface area contributed by atoms with Gasteiger partial charge in [-0.1, -0.05) is 0 Å². The van der Waals surface area contributed by atoms with Gasteiger partial charge in [0, 0.05) is 12.6 Å². The highest BCUT2D eigenvalue weighted by Crippen LogP contribution is 2.23. The number of hydrogen-bond acceptors (Lipinski definition) is 4. The van der Waals surface area contributed by atoms with Gasteiger partial charge in [-0.05, 0) is 52.5 Å². The normalized spacial score (nSPS) is 11.5. The van der Waals surface area contributed by atoms with Gasteiger partial charge in [0.05, 0.1) is 24.2 Å². The van der Waals surface area contributed by atoms with E-state index in [9.17, 15) is 0 Å². The second-order valence-corrected chi connectivity index (χ2v) is 5.50. The third-order valence-electron chi connectivity index (χ3n) is 3.40. The van der Waals surface area contributed by atoms with Crippen molar-refractivity contribution in [3.63, 3.8) is 0 Å². The van der Waals surface area contributed by atoms with Gasteiger partial charge in [-0.2, -0.15) is 0 Å². The number of hydrogen-bond donors (Lipinski definition) is 1. The van der Waals surface area contributed by atoms with Crippen LogP contribution in [0, 0.1) is 0 Å². The Morgan fingerprint density at radius 1 is 1.29 bits per heavy atom. The molecule has 1 aromatic heterocycles. The number of nitrogens with two attached hydrogens (primary N) is 1. The Labute approximate surface area is 126 Å². The fourth-order valence-corrected chi connectivity index (χ4v) is 2.48. The molecule has 2 aromatic rings. The van der Waals surface area contributed by atoms with Gasteiger partial charge in [0.1, 0.15) is 11.6 Å². The van der Waals surface area contributed by atoms with Crippen molar-refractivity contribution in [2.24, 2.45) is 5.73 Å². The molecule has 0 atom stereocenters. The quantitative estimate of drug-likeness (QED) is 0.758. The molecule has 5 nitrogen and oxygen atoms in total. The third kappa shape index (κ3) is 3.95. The van der Waals surface area contributed by atoms with E-state index in [2.05, 4.69) is 29.6 Å². The third-order valence-corrected chi connectivity index (χ3v) is 3.40. The van der Waals surface area contributed by atoms with Crippen molar-refractivity contribution in [2.45, 2.75) is 32.9 Å². The van der Waals surface area contributed by atoms with E-state index in [4.69, 9.17) is 15.5 Å². The molecule has 0 saturated heterocycles. The van der Waals surface area contributed by atoms with E-state index in [1.54, 1.807) is 0 Å². The van der Waals surface area contributed by atoms with Crippen molar-refractivity contribution in [1.82, 2.24) is 14.5 Å². The van der Waals surface area contributed by atoms with Gasteiger partial charge in [0.25, 0.3) is 0 Å². The zero-order valence-electron chi connectivity index (χ0n) is 13.3. The molecular weight excluding hydrogens is 264 g/mol. The van der Waals surface area contributed by atoms with Crippen LogP contribution < -0.4 is 10.5 Å². The van der Waals surface area contributed by atoms with Crippen molar-refractivity contribution in [3.8, 4) is 5.75 Å². The minimum absolute atomic E-state index is 0.674. The summed E-state index contributed by atoms with van der Waals surface area (Å²) in [6, 6.07) is 6.15. The molecule has 0 aliphatic rings. The number of unbranched alkanes of at least 4 members (excludes halogenated alkanes) is 1. The lowest BCUT2D eigenvalue weighted by Gasteiger charge is -2.12. The highest BCUT2D eigenvalue weighted by Gasteiger charge is 2.12. The van der Waals surface area contributed by atoms with E-state index in [0.29, 0.717) is 6.61 Å². The Morgan fingerprint density at radius 3 is 2.76 bits per heavy atom. The molecule has 0 amide bonds. The summed E-state index contributed by atoms with van der Waals surface area (Å²) in [6.45, 7) is 5.20. The zero-order chi connectivity index (χ0) is 15.2. The number of rotatable bonds is 8. The Bertz CT molecular complexity index is 577. The van der Waals surface area contributed by atoms with Crippen molar-refractivity contribution in [2.75, 3.05) is 27.2 Å². The van der Waals surface area contributed by atoms with Crippen LogP contribution in [-0.4, -0.2) is 41.7 Å². The van der Waals surface area contributed by atoms with Crippen molar-refractivity contribution >= 4 is 11.0 Å². The largest absolute Gasteiger partial charge is 0.494 e. The Kier molecular flexibility index (Phi) is 5.59. The van der Waals surface area contributed by atoms with E-state index < -0.39 is 0 Å². The fourth-order valence-electron chi connectivity index (χ4n) is 2.48. The zero-order valence-corrected chi connectivity index (χ0v) is 13.3. The maximum absolute atomic E-state index is 5.60. The number of imidazole rings is 1.